The molecular weight excluding hydrogens is 402 g/mol. The van der Waals surface area contributed by atoms with Gasteiger partial charge in [0.05, 0.1) is 17.7 Å². The number of methoxy groups -OCH3 is 1. The fourth-order valence-corrected chi connectivity index (χ4v) is 3.27. The van der Waals surface area contributed by atoms with Crippen LogP contribution in [0.2, 0.25) is 5.02 Å². The molecule has 3 aromatic rings. The van der Waals surface area contributed by atoms with Crippen LogP contribution in [0, 0.1) is 0 Å². The number of benzene rings is 3. The Kier molecular flexibility index (Phi) is 5.30. The van der Waals surface area contributed by atoms with Gasteiger partial charge in [0, 0.05) is 18.1 Å². The minimum atomic E-state index is -0.110. The van der Waals surface area contributed by atoms with Crippen LogP contribution in [0.3, 0.4) is 0 Å². The minimum absolute atomic E-state index is 0.110. The molecule has 0 bridgehead atoms. The summed E-state index contributed by atoms with van der Waals surface area (Å²) < 4.78 is 6.08. The van der Waals surface area contributed by atoms with Gasteiger partial charge in [0.2, 0.25) is 0 Å². The standard InChI is InChI=1S/C20H17BrClNO2/c1-23(20(24)18-11-16(21)6-8-19(18)22)12-13-3-4-15-10-17(25-2)7-5-14(15)9-13/h3-11H,12H2,1-2H3. The highest BCUT2D eigenvalue weighted by Gasteiger charge is 2.16. The quantitative estimate of drug-likeness (QED) is 0.557. The van der Waals surface area contributed by atoms with Crippen LogP contribution in [0.4, 0.5) is 0 Å². The zero-order valence-electron chi connectivity index (χ0n) is 13.9. The lowest BCUT2D eigenvalue weighted by Crippen LogP contribution is -2.26. The molecule has 25 heavy (non-hydrogen) atoms. The van der Waals surface area contributed by atoms with E-state index in [-0.39, 0.29) is 5.91 Å². The Labute approximate surface area is 160 Å². The van der Waals surface area contributed by atoms with Crippen molar-refractivity contribution in [2.45, 2.75) is 6.54 Å². The lowest BCUT2D eigenvalue weighted by Gasteiger charge is -2.18. The molecule has 0 heterocycles. The number of hydrogen-bond acceptors (Lipinski definition) is 2. The average molecular weight is 419 g/mol. The molecule has 3 nitrogen and oxygen atoms in total. The van der Waals surface area contributed by atoms with Crippen LogP contribution in [0.1, 0.15) is 15.9 Å². The highest BCUT2D eigenvalue weighted by molar-refractivity contribution is 9.10. The second kappa shape index (κ2) is 7.46. The van der Waals surface area contributed by atoms with Gasteiger partial charge in [-0.15, -0.1) is 0 Å². The Morgan fingerprint density at radius 3 is 2.56 bits per heavy atom. The SMILES string of the molecule is COc1ccc2cc(CN(C)C(=O)c3cc(Br)ccc3Cl)ccc2c1. The molecular formula is C20H17BrClNO2. The molecule has 0 saturated carbocycles. The number of carbonyl (C=O) groups is 1. The van der Waals surface area contributed by atoms with Crippen molar-refractivity contribution >= 4 is 44.2 Å². The molecule has 0 aliphatic heterocycles. The summed E-state index contributed by atoms with van der Waals surface area (Å²) in [6.45, 7) is 0.504. The predicted molar refractivity (Wildman–Crippen MR) is 105 cm³/mol. The molecule has 1 amide bonds. The van der Waals surface area contributed by atoms with Gasteiger partial charge in [0.15, 0.2) is 0 Å². The highest BCUT2D eigenvalue weighted by Crippen LogP contribution is 2.24. The molecule has 0 unspecified atom stereocenters. The summed E-state index contributed by atoms with van der Waals surface area (Å²) >= 11 is 9.54. The number of nitrogens with zero attached hydrogens (tertiary/aromatic N) is 1. The van der Waals surface area contributed by atoms with Crippen molar-refractivity contribution < 1.29 is 9.53 Å². The van der Waals surface area contributed by atoms with Crippen LogP contribution >= 0.6 is 27.5 Å². The zero-order chi connectivity index (χ0) is 18.0. The number of fused-ring (bicyclic) bond motifs is 1. The van der Waals surface area contributed by atoms with E-state index in [0.717, 1.165) is 26.6 Å². The third-order valence-electron chi connectivity index (χ3n) is 4.04. The molecule has 128 valence electrons. The van der Waals surface area contributed by atoms with Gasteiger partial charge in [-0.1, -0.05) is 45.7 Å². The number of ether oxygens (including phenoxy) is 1. The molecule has 0 aromatic heterocycles. The van der Waals surface area contributed by atoms with Crippen LogP contribution in [-0.2, 0) is 6.54 Å². The molecule has 0 radical (unpaired) electrons. The van der Waals surface area contributed by atoms with Gasteiger partial charge in [0.25, 0.3) is 5.91 Å². The van der Waals surface area contributed by atoms with Crippen molar-refractivity contribution in [3.8, 4) is 5.75 Å². The minimum Gasteiger partial charge on any atom is -0.497 e. The lowest BCUT2D eigenvalue weighted by atomic mass is 10.1. The summed E-state index contributed by atoms with van der Waals surface area (Å²) in [6, 6.07) is 17.4. The van der Waals surface area contributed by atoms with Gasteiger partial charge < -0.3 is 9.64 Å². The second-order valence-electron chi connectivity index (χ2n) is 5.83. The molecule has 0 atom stereocenters. The average Bonchev–Trinajstić information content (AvgIpc) is 2.62. The van der Waals surface area contributed by atoms with Gasteiger partial charge >= 0.3 is 0 Å². The Balaban J connectivity index is 1.82. The highest BCUT2D eigenvalue weighted by atomic mass is 79.9. The van der Waals surface area contributed by atoms with Crippen molar-refractivity contribution in [2.75, 3.05) is 14.2 Å². The Hall–Kier alpha value is -2.04. The van der Waals surface area contributed by atoms with Gasteiger partial charge in [-0.3, -0.25) is 4.79 Å². The number of hydrogen-bond donors (Lipinski definition) is 0. The monoisotopic (exact) mass is 417 g/mol. The van der Waals surface area contributed by atoms with E-state index < -0.39 is 0 Å². The summed E-state index contributed by atoms with van der Waals surface area (Å²) in [5.74, 6) is 0.720. The fourth-order valence-electron chi connectivity index (χ4n) is 2.71. The summed E-state index contributed by atoms with van der Waals surface area (Å²) in [5.41, 5.74) is 1.55. The molecule has 0 aliphatic rings. The van der Waals surface area contributed by atoms with Crippen LogP contribution in [0.5, 0.6) is 5.75 Å². The molecule has 5 heteroatoms. The van der Waals surface area contributed by atoms with Crippen molar-refractivity contribution in [2.24, 2.45) is 0 Å². The summed E-state index contributed by atoms with van der Waals surface area (Å²) in [7, 11) is 3.43. The molecule has 0 N–H and O–H groups in total. The smallest absolute Gasteiger partial charge is 0.255 e. The van der Waals surface area contributed by atoms with Gasteiger partial charge in [-0.2, -0.15) is 0 Å². The first kappa shape index (κ1) is 17.8. The third kappa shape index (κ3) is 3.97. The van der Waals surface area contributed by atoms with Crippen LogP contribution < -0.4 is 4.74 Å². The molecule has 3 rings (SSSR count). The molecule has 0 aliphatic carbocycles. The molecule has 3 aromatic carbocycles. The van der Waals surface area contributed by atoms with E-state index in [4.69, 9.17) is 16.3 Å². The number of carbonyl (C=O) groups excluding carboxylic acids is 1. The van der Waals surface area contributed by atoms with E-state index in [0.29, 0.717) is 17.1 Å². The zero-order valence-corrected chi connectivity index (χ0v) is 16.3. The van der Waals surface area contributed by atoms with Gasteiger partial charge in [0.1, 0.15) is 5.75 Å². The number of amides is 1. The van der Waals surface area contributed by atoms with E-state index >= 15 is 0 Å². The first-order valence-electron chi connectivity index (χ1n) is 7.75. The predicted octanol–water partition coefficient (Wildman–Crippen LogP) is 5.54. The Bertz CT molecular complexity index is 942. The first-order valence-corrected chi connectivity index (χ1v) is 8.92. The normalized spacial score (nSPS) is 10.7. The van der Waals surface area contributed by atoms with E-state index in [1.807, 2.05) is 36.4 Å². The Morgan fingerprint density at radius 1 is 1.08 bits per heavy atom. The fraction of sp³-hybridized carbons (Fsp3) is 0.150. The van der Waals surface area contributed by atoms with E-state index in [2.05, 4.69) is 22.0 Å². The maximum atomic E-state index is 12.7. The largest absolute Gasteiger partial charge is 0.497 e. The first-order chi connectivity index (χ1) is 12.0. The third-order valence-corrected chi connectivity index (χ3v) is 4.86. The Morgan fingerprint density at radius 2 is 1.80 bits per heavy atom. The molecule has 0 spiro atoms. The van der Waals surface area contributed by atoms with Crippen molar-refractivity contribution in [3.05, 3.63) is 75.2 Å². The van der Waals surface area contributed by atoms with Crippen LogP contribution in [-0.4, -0.2) is 25.0 Å². The number of rotatable bonds is 4. The van der Waals surface area contributed by atoms with Gasteiger partial charge in [-0.25, -0.2) is 0 Å². The topological polar surface area (TPSA) is 29.5 Å². The maximum Gasteiger partial charge on any atom is 0.255 e. The second-order valence-corrected chi connectivity index (χ2v) is 7.16. The summed E-state index contributed by atoms with van der Waals surface area (Å²) in [4.78, 5) is 14.3. The summed E-state index contributed by atoms with van der Waals surface area (Å²) in [5, 5.41) is 2.66. The summed E-state index contributed by atoms with van der Waals surface area (Å²) in [6.07, 6.45) is 0. The van der Waals surface area contributed by atoms with E-state index in [1.165, 1.54) is 0 Å². The molecule has 0 fully saturated rings. The molecule has 0 saturated heterocycles. The van der Waals surface area contributed by atoms with Gasteiger partial charge in [-0.05, 0) is 52.7 Å². The van der Waals surface area contributed by atoms with Crippen LogP contribution in [0.15, 0.2) is 59.1 Å². The maximum absolute atomic E-state index is 12.7. The van der Waals surface area contributed by atoms with Crippen molar-refractivity contribution in [3.63, 3.8) is 0 Å². The number of halogens is 2. The van der Waals surface area contributed by atoms with E-state index in [9.17, 15) is 4.79 Å². The van der Waals surface area contributed by atoms with E-state index in [1.54, 1.807) is 31.2 Å². The van der Waals surface area contributed by atoms with Crippen molar-refractivity contribution in [1.29, 1.82) is 0 Å². The van der Waals surface area contributed by atoms with Crippen LogP contribution in [0.25, 0.3) is 10.8 Å². The van der Waals surface area contributed by atoms with Crippen molar-refractivity contribution in [1.82, 2.24) is 4.90 Å². The lowest BCUT2D eigenvalue weighted by molar-refractivity contribution is 0.0785.